The molecule has 1 aliphatic heterocycles. The molecule has 4 rings (SSSR count). The van der Waals surface area contributed by atoms with E-state index in [4.69, 9.17) is 11.6 Å². The van der Waals surface area contributed by atoms with Crippen molar-refractivity contribution in [3.63, 3.8) is 0 Å². The second-order valence-electron chi connectivity index (χ2n) is 7.43. The molecule has 5 nitrogen and oxygen atoms in total. The number of benzene rings is 2. The van der Waals surface area contributed by atoms with E-state index in [-0.39, 0.29) is 18.6 Å². The zero-order valence-corrected chi connectivity index (χ0v) is 17.9. The highest BCUT2D eigenvalue weighted by Gasteiger charge is 2.39. The number of likely N-dealkylation sites (tertiary alicyclic amines) is 1. The number of hydrogen-bond donors (Lipinski definition) is 1. The first-order chi connectivity index (χ1) is 14.9. The number of nitrogens with zero attached hydrogens (tertiary/aromatic N) is 3. The predicted octanol–water partition coefficient (Wildman–Crippen LogP) is 4.43. The van der Waals surface area contributed by atoms with Crippen LogP contribution in [0.15, 0.2) is 67.0 Å². The Kier molecular flexibility index (Phi) is 6.74. The molecule has 1 aromatic heterocycles. The SMILES string of the molecule is O=S(O)N(Cc1cc(F)cc(F)c1)C1CN([C@@H](c2ccc(Cl)cc2)c2cccnc2)C1. The number of pyridine rings is 1. The van der Waals surface area contributed by atoms with E-state index in [0.717, 1.165) is 17.2 Å². The summed E-state index contributed by atoms with van der Waals surface area (Å²) >= 11 is 3.76. The molecule has 0 radical (unpaired) electrons. The lowest BCUT2D eigenvalue weighted by Gasteiger charge is -2.47. The van der Waals surface area contributed by atoms with Crippen molar-refractivity contribution >= 4 is 22.9 Å². The van der Waals surface area contributed by atoms with Crippen LogP contribution in [0.4, 0.5) is 8.78 Å². The van der Waals surface area contributed by atoms with Gasteiger partial charge in [-0.05, 0) is 47.0 Å². The van der Waals surface area contributed by atoms with Gasteiger partial charge in [0.15, 0.2) is 0 Å². The van der Waals surface area contributed by atoms with Gasteiger partial charge in [0.25, 0.3) is 0 Å². The van der Waals surface area contributed by atoms with Gasteiger partial charge in [-0.15, -0.1) is 0 Å². The molecule has 3 aromatic rings. The summed E-state index contributed by atoms with van der Waals surface area (Å²) in [5.41, 5.74) is 2.33. The van der Waals surface area contributed by atoms with Gasteiger partial charge in [-0.3, -0.25) is 14.4 Å². The van der Waals surface area contributed by atoms with E-state index in [0.29, 0.717) is 23.7 Å². The Hall–Kier alpha value is -2.23. The monoisotopic (exact) mass is 463 g/mol. The summed E-state index contributed by atoms with van der Waals surface area (Å²) < 4.78 is 50.2. The molecule has 0 saturated carbocycles. The second kappa shape index (κ2) is 9.50. The molecule has 31 heavy (non-hydrogen) atoms. The number of aromatic nitrogens is 1. The predicted molar refractivity (Wildman–Crippen MR) is 116 cm³/mol. The smallest absolute Gasteiger partial charge is 0.235 e. The third-order valence-corrected chi connectivity index (χ3v) is 6.39. The van der Waals surface area contributed by atoms with Crippen molar-refractivity contribution in [2.75, 3.05) is 13.1 Å². The van der Waals surface area contributed by atoms with Crippen molar-refractivity contribution in [3.8, 4) is 0 Å². The summed E-state index contributed by atoms with van der Waals surface area (Å²) in [5.74, 6) is -1.43. The second-order valence-corrected chi connectivity index (χ2v) is 8.80. The van der Waals surface area contributed by atoms with Crippen LogP contribution in [0.2, 0.25) is 5.02 Å². The highest BCUT2D eigenvalue weighted by molar-refractivity contribution is 7.76. The average molecular weight is 464 g/mol. The zero-order valence-electron chi connectivity index (χ0n) is 16.4. The van der Waals surface area contributed by atoms with Gasteiger partial charge in [0.1, 0.15) is 11.6 Å². The van der Waals surface area contributed by atoms with Gasteiger partial charge in [-0.1, -0.05) is 29.8 Å². The van der Waals surface area contributed by atoms with Gasteiger partial charge < -0.3 is 0 Å². The van der Waals surface area contributed by atoms with Crippen LogP contribution in [0, 0.1) is 11.6 Å². The molecule has 162 valence electrons. The molecule has 0 aliphatic carbocycles. The minimum atomic E-state index is -2.28. The molecule has 2 atom stereocenters. The normalized spacial score (nSPS) is 16.8. The highest BCUT2D eigenvalue weighted by Crippen LogP contribution is 2.34. The molecule has 2 aromatic carbocycles. The van der Waals surface area contributed by atoms with Crippen LogP contribution in [0.5, 0.6) is 0 Å². The summed E-state index contributed by atoms with van der Waals surface area (Å²) in [4.78, 5) is 6.38. The highest BCUT2D eigenvalue weighted by atomic mass is 35.5. The van der Waals surface area contributed by atoms with E-state index < -0.39 is 22.9 Å². The van der Waals surface area contributed by atoms with E-state index >= 15 is 0 Å². The van der Waals surface area contributed by atoms with Gasteiger partial charge >= 0.3 is 0 Å². The van der Waals surface area contributed by atoms with Crippen molar-refractivity contribution in [3.05, 3.63) is 100 Å². The molecule has 1 fully saturated rings. The fourth-order valence-electron chi connectivity index (χ4n) is 3.87. The van der Waals surface area contributed by atoms with Crippen molar-refractivity contribution < 1.29 is 17.5 Å². The van der Waals surface area contributed by atoms with Gasteiger partial charge in [0.2, 0.25) is 11.3 Å². The summed E-state index contributed by atoms with van der Waals surface area (Å²) in [6.07, 6.45) is 3.50. The van der Waals surface area contributed by atoms with Crippen LogP contribution in [-0.2, 0) is 17.8 Å². The molecule has 1 unspecified atom stereocenters. The van der Waals surface area contributed by atoms with Crippen molar-refractivity contribution in [2.45, 2.75) is 18.6 Å². The molecule has 2 heterocycles. The summed E-state index contributed by atoms with van der Waals surface area (Å²) in [7, 11) is 0. The third-order valence-electron chi connectivity index (χ3n) is 5.31. The number of rotatable bonds is 7. The molecule has 0 amide bonds. The van der Waals surface area contributed by atoms with Crippen LogP contribution >= 0.6 is 11.6 Å². The maximum absolute atomic E-state index is 13.5. The standard InChI is InChI=1S/C22H20ClF2N3O2S/c23-18-5-3-16(4-6-18)22(17-2-1-7-26-11-17)27-13-21(14-27)28(31(29)30)12-15-8-19(24)10-20(25)9-15/h1-11,21-22H,12-14H2,(H,29,30)/t22-/m0/s1. The molecule has 1 N–H and O–H groups in total. The van der Waals surface area contributed by atoms with Crippen molar-refractivity contribution in [1.29, 1.82) is 0 Å². The van der Waals surface area contributed by atoms with Crippen LogP contribution in [-0.4, -0.2) is 42.1 Å². The Morgan fingerprint density at radius 3 is 2.39 bits per heavy atom. The maximum atomic E-state index is 13.5. The quantitative estimate of drug-likeness (QED) is 0.527. The zero-order chi connectivity index (χ0) is 22.0. The Balaban J connectivity index is 1.53. The first kappa shape index (κ1) is 22.0. The van der Waals surface area contributed by atoms with Crippen LogP contribution in [0.1, 0.15) is 22.7 Å². The van der Waals surface area contributed by atoms with E-state index in [2.05, 4.69) is 9.88 Å². The minimum Gasteiger partial charge on any atom is -0.294 e. The fraction of sp³-hybridized carbons (Fsp3) is 0.227. The lowest BCUT2D eigenvalue weighted by atomic mass is 9.94. The summed E-state index contributed by atoms with van der Waals surface area (Å²) in [6.45, 7) is 0.980. The van der Waals surface area contributed by atoms with E-state index in [1.807, 2.05) is 36.4 Å². The Bertz CT molecular complexity index is 1050. The topological polar surface area (TPSA) is 56.7 Å². The van der Waals surface area contributed by atoms with Crippen LogP contribution in [0.3, 0.4) is 0 Å². The number of halogens is 3. The van der Waals surface area contributed by atoms with E-state index in [1.54, 1.807) is 12.4 Å². The largest absolute Gasteiger partial charge is 0.294 e. The Morgan fingerprint density at radius 1 is 1.13 bits per heavy atom. The Labute approximate surface area is 186 Å². The third kappa shape index (κ3) is 5.16. The first-order valence-electron chi connectivity index (χ1n) is 9.63. The first-order valence-corrected chi connectivity index (χ1v) is 11.1. The molecule has 1 saturated heterocycles. The van der Waals surface area contributed by atoms with E-state index in [9.17, 15) is 17.5 Å². The molecule has 0 spiro atoms. The molecule has 0 bridgehead atoms. The molecular formula is C22H20ClF2N3O2S. The van der Waals surface area contributed by atoms with Crippen LogP contribution < -0.4 is 0 Å². The molecular weight excluding hydrogens is 444 g/mol. The molecule has 1 aliphatic rings. The Morgan fingerprint density at radius 2 is 1.81 bits per heavy atom. The lowest BCUT2D eigenvalue weighted by Crippen LogP contribution is -2.60. The van der Waals surface area contributed by atoms with Gasteiger partial charge in [-0.2, -0.15) is 4.31 Å². The van der Waals surface area contributed by atoms with Crippen LogP contribution in [0.25, 0.3) is 0 Å². The summed E-state index contributed by atoms with van der Waals surface area (Å²) in [6, 6.07) is 14.2. The minimum absolute atomic E-state index is 0.0329. The fourth-order valence-corrected chi connectivity index (χ4v) is 4.65. The average Bonchev–Trinajstić information content (AvgIpc) is 2.70. The molecule has 9 heteroatoms. The van der Waals surface area contributed by atoms with E-state index in [1.165, 1.54) is 16.4 Å². The summed E-state index contributed by atoms with van der Waals surface area (Å²) in [5, 5.41) is 0.638. The van der Waals surface area contributed by atoms with Crippen molar-refractivity contribution in [1.82, 2.24) is 14.2 Å². The van der Waals surface area contributed by atoms with Crippen molar-refractivity contribution in [2.24, 2.45) is 0 Å². The lowest BCUT2D eigenvalue weighted by molar-refractivity contribution is 0.0496. The van der Waals surface area contributed by atoms with Gasteiger partial charge in [0.05, 0.1) is 12.1 Å². The number of hydrogen-bond acceptors (Lipinski definition) is 3. The van der Waals surface area contributed by atoms with Gasteiger partial charge in [0, 0.05) is 43.1 Å². The van der Waals surface area contributed by atoms with Gasteiger partial charge in [-0.25, -0.2) is 13.0 Å². The maximum Gasteiger partial charge on any atom is 0.235 e.